The molecule has 0 heterocycles. The molecule has 0 aromatic carbocycles. The molecule has 0 aromatic rings. The summed E-state index contributed by atoms with van der Waals surface area (Å²) in [6, 6.07) is 0. The van der Waals surface area contributed by atoms with Crippen molar-refractivity contribution in [2.24, 2.45) is 0 Å². The second-order valence-corrected chi connectivity index (χ2v) is 3.76. The third-order valence-corrected chi connectivity index (χ3v) is 2.97. The van der Waals surface area contributed by atoms with Crippen LogP contribution in [0, 0.1) is 0 Å². The molecule has 0 bridgehead atoms. The van der Waals surface area contributed by atoms with Crippen LogP contribution in [0.2, 0.25) is 0 Å². The topological polar surface area (TPSA) is 0 Å². The summed E-state index contributed by atoms with van der Waals surface area (Å²) in [5, 5.41) is -0.0333. The zero-order valence-electron chi connectivity index (χ0n) is 6.12. The zero-order valence-corrected chi connectivity index (χ0v) is 8.38. The van der Waals surface area contributed by atoms with Gasteiger partial charge in [0.15, 0.2) is 0 Å². The molecule has 0 fully saturated rings. The monoisotopic (exact) mass is 202 g/mol. The summed E-state index contributed by atoms with van der Waals surface area (Å²) in [5.41, 5.74) is 0. The van der Waals surface area contributed by atoms with Crippen molar-refractivity contribution in [3.05, 3.63) is 0 Å². The maximum atomic E-state index is 5.89. The minimum atomic E-state index is -0.0742. The Hall–Kier alpha value is 0.870. The maximum absolute atomic E-state index is 5.89. The van der Waals surface area contributed by atoms with Crippen LogP contribution in [0.3, 0.4) is 0 Å². The highest BCUT2D eigenvalue weighted by molar-refractivity contribution is 6.33. The van der Waals surface area contributed by atoms with Gasteiger partial charge in [-0.25, -0.2) is 0 Å². The summed E-state index contributed by atoms with van der Waals surface area (Å²) < 4.78 is 0. The van der Waals surface area contributed by atoms with E-state index >= 15 is 0 Å². The molecule has 0 saturated carbocycles. The first-order valence-corrected chi connectivity index (χ1v) is 4.97. The molecule has 0 amide bonds. The lowest BCUT2D eigenvalue weighted by atomic mass is 10.1. The quantitative estimate of drug-likeness (QED) is 0.599. The highest BCUT2D eigenvalue weighted by Crippen LogP contribution is 2.17. The van der Waals surface area contributed by atoms with Crippen molar-refractivity contribution in [3.63, 3.8) is 0 Å². The van der Waals surface area contributed by atoms with E-state index in [9.17, 15) is 0 Å². The predicted molar refractivity (Wildman–Crippen MR) is 49.5 cm³/mol. The lowest BCUT2D eigenvalue weighted by Gasteiger charge is -2.11. The molecule has 0 aromatic heterocycles. The molecular weight excluding hydrogens is 190 g/mol. The Balaban J connectivity index is 3.31. The molecule has 0 aliphatic heterocycles. The largest absolute Gasteiger partial charge is 0.125 e. The normalized spacial score (nSPS) is 16.8. The van der Waals surface area contributed by atoms with E-state index in [0.29, 0.717) is 5.88 Å². The Morgan fingerprint density at radius 3 is 2.20 bits per heavy atom. The molecule has 0 aliphatic carbocycles. The molecule has 62 valence electrons. The third-order valence-electron chi connectivity index (χ3n) is 1.37. The molecule has 0 saturated heterocycles. The van der Waals surface area contributed by atoms with Crippen molar-refractivity contribution in [1.29, 1.82) is 0 Å². The van der Waals surface area contributed by atoms with Gasteiger partial charge in [0.25, 0.3) is 0 Å². The molecule has 0 rings (SSSR count). The Morgan fingerprint density at radius 2 is 1.80 bits per heavy atom. The Labute approximate surface area is 77.8 Å². The van der Waals surface area contributed by atoms with Crippen molar-refractivity contribution < 1.29 is 0 Å². The van der Waals surface area contributed by atoms with E-state index < -0.39 is 0 Å². The Kier molecular flexibility index (Phi) is 7.14. The summed E-state index contributed by atoms with van der Waals surface area (Å²) in [5.74, 6) is 0.444. The first-order valence-electron chi connectivity index (χ1n) is 3.56. The van der Waals surface area contributed by atoms with Gasteiger partial charge in [0.1, 0.15) is 0 Å². The van der Waals surface area contributed by atoms with Gasteiger partial charge in [-0.15, -0.1) is 34.8 Å². The zero-order chi connectivity index (χ0) is 7.98. The molecule has 0 nitrogen and oxygen atoms in total. The fourth-order valence-electron chi connectivity index (χ4n) is 0.677. The summed E-state index contributed by atoms with van der Waals surface area (Å²) >= 11 is 17.2. The second-order valence-electron chi connectivity index (χ2n) is 2.33. The van der Waals surface area contributed by atoms with E-state index in [4.69, 9.17) is 34.8 Å². The molecule has 2 unspecified atom stereocenters. The van der Waals surface area contributed by atoms with E-state index in [1.807, 2.05) is 0 Å². The fraction of sp³-hybridized carbons (Fsp3) is 1.00. The number of rotatable bonds is 5. The van der Waals surface area contributed by atoms with Gasteiger partial charge in [0, 0.05) is 5.88 Å². The van der Waals surface area contributed by atoms with E-state index in [1.54, 1.807) is 0 Å². The van der Waals surface area contributed by atoms with Crippen LogP contribution in [0.4, 0.5) is 0 Å². The van der Waals surface area contributed by atoms with Crippen molar-refractivity contribution in [3.8, 4) is 0 Å². The van der Waals surface area contributed by atoms with Crippen LogP contribution in [-0.4, -0.2) is 16.6 Å². The van der Waals surface area contributed by atoms with E-state index in [1.165, 1.54) is 0 Å². The van der Waals surface area contributed by atoms with Gasteiger partial charge in [-0.1, -0.05) is 19.8 Å². The SMILES string of the molecule is CCCCC(Cl)C(Cl)CCl. The molecule has 10 heavy (non-hydrogen) atoms. The summed E-state index contributed by atoms with van der Waals surface area (Å²) in [7, 11) is 0. The third kappa shape index (κ3) is 4.65. The second kappa shape index (κ2) is 6.57. The van der Waals surface area contributed by atoms with Crippen LogP contribution >= 0.6 is 34.8 Å². The number of hydrogen-bond donors (Lipinski definition) is 0. The number of alkyl halides is 3. The summed E-state index contributed by atoms with van der Waals surface area (Å²) in [4.78, 5) is 0. The summed E-state index contributed by atoms with van der Waals surface area (Å²) in [6.07, 6.45) is 3.27. The van der Waals surface area contributed by atoms with E-state index in [2.05, 4.69) is 6.92 Å². The number of hydrogen-bond acceptors (Lipinski definition) is 0. The molecule has 0 radical (unpaired) electrons. The average Bonchev–Trinajstić information content (AvgIpc) is 1.98. The van der Waals surface area contributed by atoms with Gasteiger partial charge in [0.05, 0.1) is 10.8 Å². The van der Waals surface area contributed by atoms with Crippen molar-refractivity contribution >= 4 is 34.8 Å². The van der Waals surface area contributed by atoms with Crippen LogP contribution in [0.15, 0.2) is 0 Å². The van der Waals surface area contributed by atoms with Gasteiger partial charge in [0.2, 0.25) is 0 Å². The van der Waals surface area contributed by atoms with Crippen LogP contribution < -0.4 is 0 Å². The van der Waals surface area contributed by atoms with E-state index in [0.717, 1.165) is 19.3 Å². The first-order chi connectivity index (χ1) is 4.72. The van der Waals surface area contributed by atoms with Crippen LogP contribution in [-0.2, 0) is 0 Å². The van der Waals surface area contributed by atoms with Crippen molar-refractivity contribution in [2.45, 2.75) is 36.9 Å². The molecule has 2 atom stereocenters. The lowest BCUT2D eigenvalue weighted by molar-refractivity contribution is 0.670. The van der Waals surface area contributed by atoms with Crippen LogP contribution in [0.1, 0.15) is 26.2 Å². The minimum absolute atomic E-state index is 0.0408. The molecular formula is C7H13Cl3. The summed E-state index contributed by atoms with van der Waals surface area (Å²) in [6.45, 7) is 2.13. The van der Waals surface area contributed by atoms with Crippen LogP contribution in [0.25, 0.3) is 0 Å². The molecule has 0 N–H and O–H groups in total. The standard InChI is InChI=1S/C7H13Cl3/c1-2-3-4-6(9)7(10)5-8/h6-7H,2-5H2,1H3. The van der Waals surface area contributed by atoms with Gasteiger partial charge in [-0.05, 0) is 6.42 Å². The maximum Gasteiger partial charge on any atom is 0.0634 e. The van der Waals surface area contributed by atoms with Crippen molar-refractivity contribution in [1.82, 2.24) is 0 Å². The predicted octanol–water partition coefficient (Wildman–Crippen LogP) is 3.63. The number of halogens is 3. The van der Waals surface area contributed by atoms with Gasteiger partial charge < -0.3 is 0 Å². The van der Waals surface area contributed by atoms with Crippen molar-refractivity contribution in [2.75, 3.05) is 5.88 Å². The lowest BCUT2D eigenvalue weighted by Crippen LogP contribution is -2.16. The highest BCUT2D eigenvalue weighted by atomic mass is 35.5. The highest BCUT2D eigenvalue weighted by Gasteiger charge is 2.13. The minimum Gasteiger partial charge on any atom is -0.125 e. The molecule has 3 heteroatoms. The molecule has 0 spiro atoms. The first kappa shape index (κ1) is 10.9. The van der Waals surface area contributed by atoms with E-state index in [-0.39, 0.29) is 10.8 Å². The Bertz CT molecular complexity index is 75.3. The van der Waals surface area contributed by atoms with Crippen LogP contribution in [0.5, 0.6) is 0 Å². The molecule has 0 aliphatic rings. The van der Waals surface area contributed by atoms with Gasteiger partial charge in [-0.3, -0.25) is 0 Å². The van der Waals surface area contributed by atoms with Gasteiger partial charge in [-0.2, -0.15) is 0 Å². The fourth-order valence-corrected chi connectivity index (χ4v) is 1.35. The van der Waals surface area contributed by atoms with Gasteiger partial charge >= 0.3 is 0 Å². The average molecular weight is 204 g/mol. The smallest absolute Gasteiger partial charge is 0.0634 e. The number of unbranched alkanes of at least 4 members (excludes halogenated alkanes) is 1. The Morgan fingerprint density at radius 1 is 1.20 bits per heavy atom.